The number of rotatable bonds is 2. The number of amides is 1. The third-order valence-electron chi connectivity index (χ3n) is 3.08. The van der Waals surface area contributed by atoms with Crippen LogP contribution in [-0.4, -0.2) is 43.9 Å². The Hall–Kier alpha value is -0.770. The number of carbonyl (C=O) groups excluding carboxylic acids is 1. The number of carbonyl (C=O) groups is 1. The van der Waals surface area contributed by atoms with Crippen molar-refractivity contribution in [3.63, 3.8) is 0 Å². The Kier molecular flexibility index (Phi) is 3.83. The quantitative estimate of drug-likeness (QED) is 0.700. The van der Waals surface area contributed by atoms with Crippen molar-refractivity contribution < 1.29 is 14.3 Å². The predicted octanol–water partition coefficient (Wildman–Crippen LogP) is 1.65. The summed E-state index contributed by atoms with van der Waals surface area (Å²) in [6, 6.07) is 0. The van der Waals surface area contributed by atoms with Gasteiger partial charge in [-0.15, -0.1) is 0 Å². The van der Waals surface area contributed by atoms with Gasteiger partial charge in [-0.25, -0.2) is 4.79 Å². The first-order valence-corrected chi connectivity index (χ1v) is 5.86. The zero-order chi connectivity index (χ0) is 10.5. The van der Waals surface area contributed by atoms with E-state index in [0.29, 0.717) is 12.5 Å². The molecule has 0 N–H and O–H groups in total. The molecule has 0 aromatic rings. The van der Waals surface area contributed by atoms with Crippen molar-refractivity contribution in [3.05, 3.63) is 0 Å². The van der Waals surface area contributed by atoms with Gasteiger partial charge in [-0.05, 0) is 25.7 Å². The van der Waals surface area contributed by atoms with Crippen molar-refractivity contribution in [3.8, 4) is 0 Å². The van der Waals surface area contributed by atoms with Crippen LogP contribution in [0.2, 0.25) is 0 Å². The predicted molar refractivity (Wildman–Crippen MR) is 55.7 cm³/mol. The van der Waals surface area contributed by atoms with Crippen LogP contribution in [0.3, 0.4) is 0 Å². The van der Waals surface area contributed by atoms with E-state index in [4.69, 9.17) is 9.47 Å². The van der Waals surface area contributed by atoms with Crippen LogP contribution < -0.4 is 0 Å². The molecule has 0 aliphatic carbocycles. The highest BCUT2D eigenvalue weighted by Gasteiger charge is 2.21. The van der Waals surface area contributed by atoms with E-state index in [-0.39, 0.29) is 6.09 Å². The van der Waals surface area contributed by atoms with Gasteiger partial charge in [0.15, 0.2) is 0 Å². The third kappa shape index (κ3) is 3.09. The Morgan fingerprint density at radius 3 is 2.80 bits per heavy atom. The minimum Gasteiger partial charge on any atom is -0.449 e. The van der Waals surface area contributed by atoms with Crippen molar-refractivity contribution in [2.24, 2.45) is 5.92 Å². The lowest BCUT2D eigenvalue weighted by Gasteiger charge is -2.26. The van der Waals surface area contributed by atoms with Gasteiger partial charge in [0, 0.05) is 25.6 Å². The van der Waals surface area contributed by atoms with Crippen molar-refractivity contribution in [2.75, 3.05) is 32.9 Å². The summed E-state index contributed by atoms with van der Waals surface area (Å²) in [6.07, 6.45) is 4.35. The maximum Gasteiger partial charge on any atom is 0.409 e. The summed E-state index contributed by atoms with van der Waals surface area (Å²) in [5, 5.41) is 0. The number of nitrogens with zero attached hydrogens (tertiary/aromatic N) is 1. The summed E-state index contributed by atoms with van der Waals surface area (Å²) in [6.45, 7) is 3.80. The molecule has 2 heterocycles. The van der Waals surface area contributed by atoms with Crippen molar-refractivity contribution in [1.29, 1.82) is 0 Å². The van der Waals surface area contributed by atoms with E-state index < -0.39 is 0 Å². The molecule has 0 radical (unpaired) electrons. The fourth-order valence-electron chi connectivity index (χ4n) is 2.07. The van der Waals surface area contributed by atoms with Crippen molar-refractivity contribution in [2.45, 2.75) is 25.7 Å². The molecule has 2 aliphatic rings. The lowest BCUT2D eigenvalue weighted by molar-refractivity contribution is 0.0777. The van der Waals surface area contributed by atoms with Gasteiger partial charge in [0.05, 0.1) is 13.2 Å². The van der Waals surface area contributed by atoms with Crippen LogP contribution >= 0.6 is 0 Å². The average molecular weight is 213 g/mol. The molecular formula is C11H19NO3. The van der Waals surface area contributed by atoms with Crippen LogP contribution in [0.15, 0.2) is 0 Å². The molecule has 2 saturated heterocycles. The smallest absolute Gasteiger partial charge is 0.409 e. The maximum atomic E-state index is 11.6. The number of ether oxygens (including phenoxy) is 2. The number of hydrogen-bond acceptors (Lipinski definition) is 3. The molecule has 15 heavy (non-hydrogen) atoms. The summed E-state index contributed by atoms with van der Waals surface area (Å²) in [5.74, 6) is 0.416. The Morgan fingerprint density at radius 1 is 1.33 bits per heavy atom. The number of hydrogen-bond donors (Lipinski definition) is 0. The molecule has 4 heteroatoms. The van der Waals surface area contributed by atoms with Gasteiger partial charge in [0.25, 0.3) is 0 Å². The molecule has 0 aromatic carbocycles. The van der Waals surface area contributed by atoms with E-state index in [1.54, 1.807) is 0 Å². The van der Waals surface area contributed by atoms with Crippen molar-refractivity contribution in [1.82, 2.24) is 4.90 Å². The van der Waals surface area contributed by atoms with Crippen LogP contribution in [0.5, 0.6) is 0 Å². The second kappa shape index (κ2) is 5.35. The van der Waals surface area contributed by atoms with Crippen LogP contribution in [0.25, 0.3) is 0 Å². The lowest BCUT2D eigenvalue weighted by atomic mass is 10.1. The minimum atomic E-state index is -0.137. The van der Waals surface area contributed by atoms with Gasteiger partial charge in [-0.1, -0.05) is 0 Å². The van der Waals surface area contributed by atoms with E-state index in [1.165, 1.54) is 6.42 Å². The standard InChI is InChI=1S/C11H19NO3/c13-11(12-5-2-1-3-6-12)15-9-10-4-7-14-8-10/h10H,1-9H2. The molecule has 4 nitrogen and oxygen atoms in total. The molecule has 0 aromatic heterocycles. The lowest BCUT2D eigenvalue weighted by Crippen LogP contribution is -2.36. The molecule has 1 unspecified atom stereocenters. The minimum absolute atomic E-state index is 0.137. The number of likely N-dealkylation sites (tertiary alicyclic amines) is 1. The van der Waals surface area contributed by atoms with Crippen LogP contribution in [0, 0.1) is 5.92 Å². The van der Waals surface area contributed by atoms with E-state index in [9.17, 15) is 4.79 Å². The second-order valence-corrected chi connectivity index (χ2v) is 4.35. The molecular weight excluding hydrogens is 194 g/mol. The first-order valence-electron chi connectivity index (χ1n) is 5.86. The first-order chi connectivity index (χ1) is 7.36. The Bertz CT molecular complexity index is 208. The normalized spacial score (nSPS) is 26.7. The van der Waals surface area contributed by atoms with Crippen molar-refractivity contribution >= 4 is 6.09 Å². The maximum absolute atomic E-state index is 11.6. The van der Waals surface area contributed by atoms with Gasteiger partial charge in [0.1, 0.15) is 0 Å². The number of piperidine rings is 1. The highest BCUT2D eigenvalue weighted by Crippen LogP contribution is 2.14. The molecule has 2 aliphatic heterocycles. The molecule has 2 fully saturated rings. The van der Waals surface area contributed by atoms with Gasteiger partial charge in [-0.3, -0.25) is 0 Å². The zero-order valence-electron chi connectivity index (χ0n) is 9.11. The van der Waals surface area contributed by atoms with Crippen LogP contribution in [0.4, 0.5) is 4.79 Å². The summed E-state index contributed by atoms with van der Waals surface area (Å²) in [5.41, 5.74) is 0. The monoisotopic (exact) mass is 213 g/mol. The SMILES string of the molecule is O=C(OCC1CCOC1)N1CCCCC1. The van der Waals surface area contributed by atoms with Gasteiger partial charge in [0.2, 0.25) is 0 Å². The fourth-order valence-corrected chi connectivity index (χ4v) is 2.07. The Balaban J connectivity index is 1.66. The molecule has 86 valence electrons. The van der Waals surface area contributed by atoms with E-state index in [2.05, 4.69) is 0 Å². The first kappa shape index (κ1) is 10.7. The molecule has 1 atom stereocenters. The Labute approximate surface area is 90.5 Å². The van der Waals surface area contributed by atoms with Gasteiger partial charge >= 0.3 is 6.09 Å². The largest absolute Gasteiger partial charge is 0.449 e. The Morgan fingerprint density at radius 2 is 2.13 bits per heavy atom. The molecule has 0 saturated carbocycles. The highest BCUT2D eigenvalue weighted by molar-refractivity contribution is 5.67. The molecule has 0 spiro atoms. The third-order valence-corrected chi connectivity index (χ3v) is 3.08. The van der Waals surface area contributed by atoms with Gasteiger partial charge in [-0.2, -0.15) is 0 Å². The van der Waals surface area contributed by atoms with E-state index in [0.717, 1.165) is 45.6 Å². The zero-order valence-corrected chi connectivity index (χ0v) is 9.11. The van der Waals surface area contributed by atoms with Crippen LogP contribution in [-0.2, 0) is 9.47 Å². The second-order valence-electron chi connectivity index (χ2n) is 4.35. The van der Waals surface area contributed by atoms with E-state index in [1.807, 2.05) is 4.90 Å². The average Bonchev–Trinajstić information content (AvgIpc) is 2.80. The van der Waals surface area contributed by atoms with Crippen LogP contribution in [0.1, 0.15) is 25.7 Å². The molecule has 2 rings (SSSR count). The summed E-state index contributed by atoms with van der Waals surface area (Å²) < 4.78 is 10.5. The summed E-state index contributed by atoms with van der Waals surface area (Å²) in [4.78, 5) is 13.4. The molecule has 1 amide bonds. The highest BCUT2D eigenvalue weighted by atomic mass is 16.6. The summed E-state index contributed by atoms with van der Waals surface area (Å²) >= 11 is 0. The van der Waals surface area contributed by atoms with Gasteiger partial charge < -0.3 is 14.4 Å². The molecule has 0 bridgehead atoms. The van der Waals surface area contributed by atoms with E-state index >= 15 is 0 Å². The fraction of sp³-hybridized carbons (Fsp3) is 0.909. The topological polar surface area (TPSA) is 38.8 Å². The summed E-state index contributed by atoms with van der Waals surface area (Å²) in [7, 11) is 0.